The highest BCUT2D eigenvalue weighted by Crippen LogP contribution is 2.34. The van der Waals surface area contributed by atoms with E-state index in [9.17, 15) is 9.18 Å². The SMILES string of the molecule is Cc1onc(-c2c(F)cccc2Cl)c1C(=O)Nc1nnc(Cc2ccccc2)s1. The van der Waals surface area contributed by atoms with Crippen molar-refractivity contribution < 1.29 is 13.7 Å². The molecule has 0 spiro atoms. The third-order valence-electron chi connectivity index (χ3n) is 4.17. The zero-order valence-corrected chi connectivity index (χ0v) is 16.7. The summed E-state index contributed by atoms with van der Waals surface area (Å²) in [5.74, 6) is -0.882. The van der Waals surface area contributed by atoms with Crippen LogP contribution in [0.5, 0.6) is 0 Å². The fourth-order valence-electron chi connectivity index (χ4n) is 2.84. The molecule has 0 saturated heterocycles. The molecule has 0 bridgehead atoms. The minimum atomic E-state index is -0.596. The van der Waals surface area contributed by atoms with Crippen molar-refractivity contribution in [3.63, 3.8) is 0 Å². The maximum atomic E-state index is 14.3. The van der Waals surface area contributed by atoms with Crippen molar-refractivity contribution in [2.45, 2.75) is 13.3 Å². The second-order valence-corrected chi connectivity index (χ2v) is 7.65. The van der Waals surface area contributed by atoms with Gasteiger partial charge in [-0.05, 0) is 24.6 Å². The summed E-state index contributed by atoms with van der Waals surface area (Å²) in [6.45, 7) is 1.57. The van der Waals surface area contributed by atoms with Gasteiger partial charge in [0.05, 0.1) is 10.6 Å². The Morgan fingerprint density at radius 1 is 1.17 bits per heavy atom. The maximum absolute atomic E-state index is 14.3. The van der Waals surface area contributed by atoms with Crippen molar-refractivity contribution in [1.29, 1.82) is 0 Å². The number of aryl methyl sites for hydroxylation is 1. The largest absolute Gasteiger partial charge is 0.360 e. The summed E-state index contributed by atoms with van der Waals surface area (Å²) in [6.07, 6.45) is 0.608. The molecule has 9 heteroatoms. The Morgan fingerprint density at radius 3 is 2.72 bits per heavy atom. The van der Waals surface area contributed by atoms with Gasteiger partial charge in [0.2, 0.25) is 5.13 Å². The average Bonchev–Trinajstić information content (AvgIpc) is 3.29. The summed E-state index contributed by atoms with van der Waals surface area (Å²) in [4.78, 5) is 12.8. The monoisotopic (exact) mass is 428 g/mol. The van der Waals surface area contributed by atoms with E-state index in [0.717, 1.165) is 10.6 Å². The number of aromatic nitrogens is 3. The van der Waals surface area contributed by atoms with E-state index >= 15 is 0 Å². The minimum Gasteiger partial charge on any atom is -0.360 e. The predicted octanol–water partition coefficient (Wildman–Crippen LogP) is 5.14. The molecule has 2 aromatic carbocycles. The van der Waals surface area contributed by atoms with E-state index in [4.69, 9.17) is 16.1 Å². The summed E-state index contributed by atoms with van der Waals surface area (Å²) in [5, 5.41) is 15.9. The fourth-order valence-corrected chi connectivity index (χ4v) is 3.86. The number of benzene rings is 2. The molecule has 0 unspecified atom stereocenters. The number of hydrogen-bond donors (Lipinski definition) is 1. The van der Waals surface area contributed by atoms with Gasteiger partial charge in [-0.3, -0.25) is 10.1 Å². The van der Waals surface area contributed by atoms with Crippen LogP contribution in [0.15, 0.2) is 53.1 Å². The molecule has 0 radical (unpaired) electrons. The van der Waals surface area contributed by atoms with Crippen LogP contribution in [0.4, 0.5) is 9.52 Å². The van der Waals surface area contributed by atoms with Crippen molar-refractivity contribution in [2.75, 3.05) is 5.32 Å². The van der Waals surface area contributed by atoms with Gasteiger partial charge in [-0.25, -0.2) is 4.39 Å². The number of anilines is 1. The summed E-state index contributed by atoms with van der Waals surface area (Å²) >= 11 is 7.38. The second kappa shape index (κ2) is 8.10. The molecule has 2 aromatic heterocycles. The number of carbonyl (C=O) groups is 1. The van der Waals surface area contributed by atoms with Crippen LogP contribution >= 0.6 is 22.9 Å². The first-order chi connectivity index (χ1) is 14.0. The van der Waals surface area contributed by atoms with E-state index in [0.29, 0.717) is 11.6 Å². The lowest BCUT2D eigenvalue weighted by atomic mass is 10.1. The molecule has 0 aliphatic rings. The highest BCUT2D eigenvalue weighted by atomic mass is 35.5. The zero-order valence-electron chi connectivity index (χ0n) is 15.1. The van der Waals surface area contributed by atoms with E-state index in [2.05, 4.69) is 20.7 Å². The molecular weight excluding hydrogens is 415 g/mol. The number of halogens is 2. The first-order valence-corrected chi connectivity index (χ1v) is 9.80. The Kier molecular flexibility index (Phi) is 5.37. The molecule has 0 saturated carbocycles. The first-order valence-electron chi connectivity index (χ1n) is 8.61. The molecule has 6 nitrogen and oxygen atoms in total. The molecule has 1 N–H and O–H groups in total. The fraction of sp³-hybridized carbons (Fsp3) is 0.100. The molecule has 146 valence electrons. The minimum absolute atomic E-state index is 0.0122. The smallest absolute Gasteiger partial charge is 0.263 e. The van der Waals surface area contributed by atoms with Gasteiger partial charge in [-0.1, -0.05) is 64.5 Å². The molecule has 4 aromatic rings. The number of amides is 1. The topological polar surface area (TPSA) is 80.9 Å². The van der Waals surface area contributed by atoms with Gasteiger partial charge < -0.3 is 4.52 Å². The van der Waals surface area contributed by atoms with Crippen LogP contribution in [0.1, 0.15) is 26.7 Å². The predicted molar refractivity (Wildman–Crippen MR) is 109 cm³/mol. The van der Waals surface area contributed by atoms with Crippen LogP contribution in [0, 0.1) is 12.7 Å². The summed E-state index contributed by atoms with van der Waals surface area (Å²) in [7, 11) is 0. The summed E-state index contributed by atoms with van der Waals surface area (Å²) in [5.41, 5.74) is 1.24. The highest BCUT2D eigenvalue weighted by Gasteiger charge is 2.26. The second-order valence-electron chi connectivity index (χ2n) is 6.18. The Balaban J connectivity index is 1.58. The molecule has 0 fully saturated rings. The van der Waals surface area contributed by atoms with Crippen molar-refractivity contribution in [2.24, 2.45) is 0 Å². The quantitative estimate of drug-likeness (QED) is 0.476. The third-order valence-corrected chi connectivity index (χ3v) is 5.33. The molecule has 29 heavy (non-hydrogen) atoms. The highest BCUT2D eigenvalue weighted by molar-refractivity contribution is 7.15. The van der Waals surface area contributed by atoms with Gasteiger partial charge in [-0.15, -0.1) is 10.2 Å². The van der Waals surface area contributed by atoms with Crippen molar-refractivity contribution in [3.05, 3.63) is 81.3 Å². The molecule has 0 aliphatic carbocycles. The van der Waals surface area contributed by atoms with E-state index < -0.39 is 11.7 Å². The molecule has 0 aliphatic heterocycles. The van der Waals surface area contributed by atoms with Crippen molar-refractivity contribution in [1.82, 2.24) is 15.4 Å². The van der Waals surface area contributed by atoms with Gasteiger partial charge in [0.25, 0.3) is 5.91 Å². The van der Waals surface area contributed by atoms with Gasteiger partial charge in [0.15, 0.2) is 0 Å². The number of hydrogen-bond acceptors (Lipinski definition) is 6. The lowest BCUT2D eigenvalue weighted by Crippen LogP contribution is -2.13. The molecule has 4 rings (SSSR count). The maximum Gasteiger partial charge on any atom is 0.263 e. The van der Waals surface area contributed by atoms with E-state index in [1.807, 2.05) is 30.3 Å². The molecule has 2 heterocycles. The van der Waals surface area contributed by atoms with E-state index in [1.165, 1.54) is 29.5 Å². The van der Waals surface area contributed by atoms with Crippen LogP contribution < -0.4 is 5.32 Å². The molecule has 1 amide bonds. The lowest BCUT2D eigenvalue weighted by Gasteiger charge is -2.05. The van der Waals surface area contributed by atoms with Gasteiger partial charge in [-0.2, -0.15) is 0 Å². The Labute approximate surface area is 174 Å². The number of rotatable bonds is 5. The first kappa shape index (κ1) is 19.2. The Hall–Kier alpha value is -3.10. The van der Waals surface area contributed by atoms with Gasteiger partial charge in [0, 0.05) is 6.42 Å². The molecule has 0 atom stereocenters. The number of carbonyl (C=O) groups excluding carboxylic acids is 1. The van der Waals surface area contributed by atoms with Crippen LogP contribution in [0.3, 0.4) is 0 Å². The Morgan fingerprint density at radius 2 is 1.97 bits per heavy atom. The summed E-state index contributed by atoms with van der Waals surface area (Å²) in [6, 6.07) is 14.1. The molecular formula is C20H14ClFN4O2S. The standard InChI is InChI=1S/C20H14ClFN4O2S/c1-11-16(18(26-28-11)17-13(21)8-5-9-14(17)22)19(27)23-20-25-24-15(29-20)10-12-6-3-2-4-7-12/h2-9H,10H2,1H3,(H,23,25,27). The van der Waals surface area contributed by atoms with E-state index in [1.54, 1.807) is 6.92 Å². The zero-order chi connectivity index (χ0) is 20.4. The van der Waals surface area contributed by atoms with Crippen molar-refractivity contribution in [3.8, 4) is 11.3 Å². The van der Waals surface area contributed by atoms with Crippen LogP contribution in [-0.2, 0) is 6.42 Å². The average molecular weight is 429 g/mol. The lowest BCUT2D eigenvalue weighted by molar-refractivity contribution is 0.102. The van der Waals surface area contributed by atoms with Crippen LogP contribution in [0.25, 0.3) is 11.3 Å². The van der Waals surface area contributed by atoms with Crippen molar-refractivity contribution >= 4 is 34.0 Å². The number of nitrogens with zero attached hydrogens (tertiary/aromatic N) is 3. The third kappa shape index (κ3) is 4.03. The van der Waals surface area contributed by atoms with E-state index in [-0.39, 0.29) is 27.6 Å². The Bertz CT molecular complexity index is 1160. The van der Waals surface area contributed by atoms with Gasteiger partial charge in [0.1, 0.15) is 27.8 Å². The van der Waals surface area contributed by atoms with Crippen LogP contribution in [0.2, 0.25) is 5.02 Å². The number of nitrogens with one attached hydrogen (secondary N) is 1. The normalized spacial score (nSPS) is 10.9. The van der Waals surface area contributed by atoms with Crippen LogP contribution in [-0.4, -0.2) is 21.3 Å². The van der Waals surface area contributed by atoms with Gasteiger partial charge >= 0.3 is 0 Å². The summed E-state index contributed by atoms with van der Waals surface area (Å²) < 4.78 is 19.4.